The van der Waals surface area contributed by atoms with Crippen LogP contribution in [0.3, 0.4) is 0 Å². The van der Waals surface area contributed by atoms with E-state index in [4.69, 9.17) is 0 Å². The third-order valence-electron chi connectivity index (χ3n) is 1.06. The normalized spacial score (nSPS) is 10.2. The van der Waals surface area contributed by atoms with Crippen LogP contribution in [0.25, 0.3) is 10.6 Å². The predicted molar refractivity (Wildman–Crippen MR) is 54.7 cm³/mol. The van der Waals surface area contributed by atoms with Gasteiger partial charge in [0.05, 0.1) is 0 Å². The molecule has 75 valence electrons. The van der Waals surface area contributed by atoms with Crippen LogP contribution in [-0.4, -0.2) is 19.3 Å². The molecule has 0 aliphatic carbocycles. The first kappa shape index (κ1) is 23.1. The summed E-state index contributed by atoms with van der Waals surface area (Å²) in [7, 11) is 0. The Bertz CT molecular complexity index is 60.5. The summed E-state index contributed by atoms with van der Waals surface area (Å²) >= 11 is 0. The first-order valence-electron chi connectivity index (χ1n) is 3.64. The van der Waals surface area contributed by atoms with Gasteiger partial charge in [0.1, 0.15) is 0 Å². The van der Waals surface area contributed by atoms with Crippen LogP contribution in [0.2, 0.25) is 0 Å². The first-order valence-corrected chi connectivity index (χ1v) is 3.64. The van der Waals surface area contributed by atoms with Crippen molar-refractivity contribution in [1.29, 1.82) is 0 Å². The van der Waals surface area contributed by atoms with Crippen molar-refractivity contribution >= 4 is 0 Å². The molecule has 0 fully saturated rings. The molecule has 12 heavy (non-hydrogen) atoms. The molecule has 1 radical (unpaired) electrons. The molecule has 0 aromatic rings. The van der Waals surface area contributed by atoms with E-state index in [0.717, 1.165) is 19.5 Å². The van der Waals surface area contributed by atoms with E-state index in [9.17, 15) is 0 Å². The van der Waals surface area contributed by atoms with Crippen molar-refractivity contribution in [3.8, 4) is 0 Å². The van der Waals surface area contributed by atoms with E-state index in [0.29, 0.717) is 0 Å². The van der Waals surface area contributed by atoms with Crippen molar-refractivity contribution in [3.05, 3.63) is 25.5 Å². The maximum atomic E-state index is 4.27. The topological polar surface area (TPSA) is 28.2 Å². The fourth-order valence-corrected chi connectivity index (χ4v) is 0.638. The quantitative estimate of drug-likeness (QED) is 0.666. The maximum Gasteiger partial charge on any atom is 0 e. The van der Waals surface area contributed by atoms with Crippen molar-refractivity contribution in [1.82, 2.24) is 0 Å². The summed E-state index contributed by atoms with van der Waals surface area (Å²) in [6.07, 6.45) is 1.35. The van der Waals surface area contributed by atoms with Crippen LogP contribution < -0.4 is 0 Å². The van der Waals surface area contributed by atoms with Gasteiger partial charge in [-0.2, -0.15) is 13.1 Å². The van der Waals surface area contributed by atoms with Crippen LogP contribution in [0.15, 0.2) is 0 Å². The number of nitrogens with zero attached hydrogens (tertiary/aromatic N) is 2. The van der Waals surface area contributed by atoms with Crippen LogP contribution in [0, 0.1) is 14.9 Å². The van der Waals surface area contributed by atoms with Gasteiger partial charge in [0.15, 0.2) is 0 Å². The van der Waals surface area contributed by atoms with Gasteiger partial charge in [0, 0.05) is 32.7 Å². The predicted octanol–water partition coefficient (Wildman–Crippen LogP) is 3.41. The molecule has 0 spiro atoms. The van der Waals surface area contributed by atoms with Crippen molar-refractivity contribution in [2.24, 2.45) is 0 Å². The van der Waals surface area contributed by atoms with E-state index in [-0.39, 0.29) is 53.7 Å². The molecule has 3 heteroatoms. The Kier molecular flexibility index (Phi) is 34.6. The zero-order chi connectivity index (χ0) is 7.11. The molecule has 0 heterocycles. The molecule has 2 nitrogen and oxygen atoms in total. The zero-order valence-corrected chi connectivity index (χ0v) is 12.0. The van der Waals surface area contributed by atoms with Crippen molar-refractivity contribution < 1.29 is 32.7 Å². The molecule has 0 aromatic carbocycles. The zero-order valence-electron chi connectivity index (χ0n) is 9.17. The number of rotatable bonds is 5. The van der Waals surface area contributed by atoms with Crippen molar-refractivity contribution in [2.75, 3.05) is 13.1 Å². The van der Waals surface area contributed by atoms with Crippen LogP contribution in [0.5, 0.6) is 0 Å². The minimum Gasteiger partial charge on any atom is -0.678 e. The molecule has 1 atom stereocenters. The van der Waals surface area contributed by atoms with Gasteiger partial charge in [-0.1, -0.05) is 20.3 Å². The molecule has 0 aliphatic rings. The van der Waals surface area contributed by atoms with Crippen LogP contribution in [0.1, 0.15) is 27.2 Å². The third-order valence-corrected chi connectivity index (χ3v) is 1.06. The van der Waals surface area contributed by atoms with Gasteiger partial charge < -0.3 is 25.5 Å². The van der Waals surface area contributed by atoms with Crippen molar-refractivity contribution in [3.63, 3.8) is 0 Å². The molecule has 1 unspecified atom stereocenters. The monoisotopic (exact) mass is 247 g/mol. The van der Waals surface area contributed by atoms with Crippen molar-refractivity contribution in [2.45, 2.75) is 33.4 Å². The minimum atomic E-state index is 0. The Labute approximate surface area is 104 Å². The fourth-order valence-electron chi connectivity index (χ4n) is 0.638. The maximum absolute atomic E-state index is 4.27. The van der Waals surface area contributed by atoms with E-state index in [1.54, 1.807) is 0 Å². The summed E-state index contributed by atoms with van der Waals surface area (Å²) in [5.74, 6) is 0. The van der Waals surface area contributed by atoms with Gasteiger partial charge in [-0.25, -0.2) is 6.17 Å². The van der Waals surface area contributed by atoms with E-state index in [1.165, 1.54) is 0 Å². The van der Waals surface area contributed by atoms with Crippen LogP contribution >= 0.6 is 0 Å². The Balaban J connectivity index is -0.000000107. The van der Waals surface area contributed by atoms with E-state index in [2.05, 4.69) is 17.6 Å². The van der Waals surface area contributed by atoms with Crippen LogP contribution in [0.4, 0.5) is 0 Å². The fraction of sp³-hybridized carbons (Fsp3) is 0.778. The molecule has 0 aliphatic heterocycles. The summed E-state index contributed by atoms with van der Waals surface area (Å²) in [6.45, 7) is 8.03. The summed E-state index contributed by atoms with van der Waals surface area (Å²) in [6, 6.07) is 0. The van der Waals surface area contributed by atoms with Gasteiger partial charge >= 0.3 is 0 Å². The largest absolute Gasteiger partial charge is 0.678 e. The molecular weight excluding hydrogens is 225 g/mol. The number of hydrogen-bond acceptors (Lipinski definition) is 0. The number of hydrogen-bond donors (Lipinski definition) is 0. The summed E-state index contributed by atoms with van der Waals surface area (Å²) < 4.78 is 0. The second-order valence-corrected chi connectivity index (χ2v) is 2.04. The molecule has 0 bridgehead atoms. The average molecular weight is 247 g/mol. The molecule has 0 saturated carbocycles. The standard InChI is InChI=1S/C7H16N2.2CH3.Y/c1-4-6-9-7(3)8-5-2;;;/h7H,4-6H2,1-3H3;2*1H3;/q-2;2*-1;. The summed E-state index contributed by atoms with van der Waals surface area (Å²) in [4.78, 5) is 0. The van der Waals surface area contributed by atoms with Gasteiger partial charge in [-0.15, -0.1) is 6.92 Å². The molecular formula is C9H22N2Y-4. The van der Waals surface area contributed by atoms with Gasteiger partial charge in [-0.05, 0) is 0 Å². The summed E-state index contributed by atoms with van der Waals surface area (Å²) in [5.41, 5.74) is 0. The molecule has 0 rings (SSSR count). The molecule has 0 amide bonds. The van der Waals surface area contributed by atoms with E-state index < -0.39 is 0 Å². The second-order valence-electron chi connectivity index (χ2n) is 2.04. The second kappa shape index (κ2) is 17.9. The van der Waals surface area contributed by atoms with Gasteiger partial charge in [0.2, 0.25) is 0 Å². The smallest absolute Gasteiger partial charge is 0 e. The first-order chi connectivity index (χ1) is 4.31. The van der Waals surface area contributed by atoms with Gasteiger partial charge in [-0.3, -0.25) is 0 Å². The Morgan fingerprint density at radius 3 is 1.92 bits per heavy atom. The van der Waals surface area contributed by atoms with E-state index >= 15 is 0 Å². The third kappa shape index (κ3) is 17.2. The molecule has 0 N–H and O–H groups in total. The minimum absolute atomic E-state index is 0. The van der Waals surface area contributed by atoms with Crippen LogP contribution in [-0.2, 0) is 32.7 Å². The van der Waals surface area contributed by atoms with E-state index in [1.807, 2.05) is 13.8 Å². The Hall–Kier alpha value is 1.02. The molecule has 0 saturated heterocycles. The molecule has 0 aromatic heterocycles. The SMILES string of the molecule is CCC[N-]C(C)[N-]CC.[CH3-].[CH3-].[Y]. The average Bonchev–Trinajstić information content (AvgIpc) is 1.85. The van der Waals surface area contributed by atoms with Gasteiger partial charge in [0.25, 0.3) is 0 Å². The Morgan fingerprint density at radius 1 is 1.08 bits per heavy atom. The Morgan fingerprint density at radius 2 is 1.58 bits per heavy atom. The summed E-state index contributed by atoms with van der Waals surface area (Å²) in [5, 5.41) is 8.46.